The van der Waals surface area contributed by atoms with Crippen LogP contribution in [0.5, 0.6) is 0 Å². The van der Waals surface area contributed by atoms with Gasteiger partial charge in [0.15, 0.2) is 5.69 Å². The van der Waals surface area contributed by atoms with Crippen molar-refractivity contribution in [1.29, 1.82) is 5.26 Å². The summed E-state index contributed by atoms with van der Waals surface area (Å²) in [6.07, 6.45) is 0. The highest BCUT2D eigenvalue weighted by molar-refractivity contribution is 7.00. The Morgan fingerprint density at radius 1 is 0.327 bits per heavy atom. The molecule has 0 atom stereocenters. The molecule has 0 radical (unpaired) electrons. The summed E-state index contributed by atoms with van der Waals surface area (Å²) in [6.45, 7) is 27.8. The first kappa shape index (κ1) is 52.3. The number of benzene rings is 15. The molecule has 19 aromatic rings. The molecule has 9 heteroatoms. The predicted octanol–water partition coefficient (Wildman–Crippen LogP) is 25.8. The Hall–Kier alpha value is -13.9. The maximum atomic E-state index is 12.0. The van der Waals surface area contributed by atoms with Gasteiger partial charge in [0, 0.05) is 83.2 Å². The van der Waals surface area contributed by atoms with Crippen LogP contribution >= 0.6 is 0 Å². The molecular formula is C104H79BN8. The van der Waals surface area contributed by atoms with Crippen molar-refractivity contribution in [2.75, 3.05) is 9.80 Å². The van der Waals surface area contributed by atoms with Crippen LogP contribution in [-0.2, 0) is 16.2 Å². The zero-order chi connectivity index (χ0) is 90.6. The second-order valence-electron chi connectivity index (χ2n) is 32.8. The van der Waals surface area contributed by atoms with Crippen LogP contribution in [0, 0.1) is 17.9 Å². The number of hydrogen-bond donors (Lipinski definition) is 0. The predicted molar refractivity (Wildman–Crippen MR) is 476 cm³/mol. The Labute approximate surface area is 680 Å². The van der Waals surface area contributed by atoms with Gasteiger partial charge in [-0.05, 0) is 210 Å². The fourth-order valence-electron chi connectivity index (χ4n) is 17.6. The van der Waals surface area contributed by atoms with E-state index in [2.05, 4.69) is 201 Å². The van der Waals surface area contributed by atoms with Crippen molar-refractivity contribution >= 4 is 150 Å². The van der Waals surface area contributed by atoms with Gasteiger partial charge in [0.05, 0.1) is 95.6 Å². The van der Waals surface area contributed by atoms with E-state index in [9.17, 15) is 28.3 Å². The molecule has 2 aliphatic heterocycles. The van der Waals surface area contributed by atoms with Gasteiger partial charge in [0.2, 0.25) is 0 Å². The molecule has 0 unspecified atom stereocenters. The Morgan fingerprint density at radius 2 is 0.726 bits per heavy atom. The first-order valence-electron chi connectivity index (χ1n) is 45.9. The fourth-order valence-corrected chi connectivity index (χ4v) is 17.6. The summed E-state index contributed by atoms with van der Waals surface area (Å²) in [6, 6.07) is 67.0. The SMILES string of the molecule is [2H]c1c([2H])c([2H])c2c(c1[2H])c1c([2H])c([2H])c([2H])c([2H])c1n2-c1ccc2c(c1)N(c1cc(C#N)cc3c4cc(C(C)(C)C)ccc4n(-c4cccc(-c5ccccc5)c4)c13)c1cc(C(C)(C)C)cc3c1B2c1ccc(-n2c4c([2H])c([2H])c([2H])c([2H])c4c4c([2H])c([2H])c([2H])c([2H])c42)cc1N3c1cc([N+]#[C-])cc2c3cc(C(C)(C)C)ccc3n(-c3cccc(-c4ccccc4)c3)c12. The maximum absolute atomic E-state index is 12.0. The molecule has 0 saturated carbocycles. The van der Waals surface area contributed by atoms with E-state index in [1.54, 1.807) is 12.1 Å². The first-order valence-corrected chi connectivity index (χ1v) is 37.9. The largest absolute Gasteiger partial charge is 0.310 e. The van der Waals surface area contributed by atoms with Crippen LogP contribution in [0.3, 0.4) is 0 Å². The van der Waals surface area contributed by atoms with Crippen molar-refractivity contribution in [3.05, 3.63) is 349 Å². The summed E-state index contributed by atoms with van der Waals surface area (Å²) >= 11 is 0. The Morgan fingerprint density at radius 3 is 1.14 bits per heavy atom. The Bertz CT molecular complexity index is 7750. The van der Waals surface area contributed by atoms with Crippen molar-refractivity contribution < 1.29 is 21.9 Å². The Kier molecular flexibility index (Phi) is 11.5. The molecule has 0 N–H and O–H groups in total. The zero-order valence-electron chi connectivity index (χ0n) is 79.4. The number of fused-ring (bicyclic) bond motifs is 16. The monoisotopic (exact) mass is 1470 g/mol. The molecular weight excluding hydrogens is 1370 g/mol. The summed E-state index contributed by atoms with van der Waals surface area (Å²) in [5.74, 6) is 0. The molecule has 0 saturated heterocycles. The Balaban J connectivity index is 0.978. The van der Waals surface area contributed by atoms with Crippen molar-refractivity contribution in [1.82, 2.24) is 18.3 Å². The van der Waals surface area contributed by atoms with Gasteiger partial charge >= 0.3 is 0 Å². The minimum Gasteiger partial charge on any atom is -0.310 e. The van der Waals surface area contributed by atoms with E-state index >= 15 is 0 Å². The second-order valence-corrected chi connectivity index (χ2v) is 32.8. The summed E-state index contributed by atoms with van der Waals surface area (Å²) in [4.78, 5) is 8.73. The maximum Gasteiger partial charge on any atom is 0.252 e. The summed E-state index contributed by atoms with van der Waals surface area (Å²) in [5, 5.41) is 14.6. The summed E-state index contributed by atoms with van der Waals surface area (Å²) in [7, 11) is 0. The highest BCUT2D eigenvalue weighted by atomic mass is 15.2. The quantitative estimate of drug-likeness (QED) is 0.113. The van der Waals surface area contributed by atoms with E-state index in [1.807, 2.05) is 97.1 Å². The summed E-state index contributed by atoms with van der Waals surface area (Å²) in [5.41, 5.74) is 15.4. The van der Waals surface area contributed by atoms with Crippen LogP contribution in [0.1, 0.15) is 106 Å². The number of para-hydroxylation sites is 4. The van der Waals surface area contributed by atoms with Gasteiger partial charge in [-0.25, -0.2) is 4.85 Å². The molecule has 0 aliphatic carbocycles. The standard InChI is InChI=1S/C104H79BN8/c1-102(2,3)69-43-49-91-81(55-69)83-51-64(63-106)52-97(100(83)110(91)73-33-25-31-67(53-73)65-27-13-11-14-28-65)112-93-61-75(108-87-39-21-17-35-77(87)78-36-18-22-40-88(78)108)45-47-85(93)105-86-48-46-76(109-89-41-23-19-37-79(89)80-38-20-24-42-90(80)109)62-94(86)113(96-58-71(104(7,8)9)57-95(112)99(96)105)98-60-72(107-10)59-84-82-56-70(103(4,5)6)44-50-92(82)111(101(84)98)74-34-26-32-68(54-74)66-29-15-12-16-30-66/h11-62H,1-9H3/i17D,18D,19D,20D,21D,22D,23D,24D,35D,36D,37D,38D,39D,40D,41D,42D. The van der Waals surface area contributed by atoms with Crippen molar-refractivity contribution in [3.63, 3.8) is 0 Å². The lowest BCUT2D eigenvalue weighted by Gasteiger charge is -2.45. The number of rotatable bonds is 8. The molecule has 8 nitrogen and oxygen atoms in total. The van der Waals surface area contributed by atoms with E-state index in [1.165, 1.54) is 9.13 Å². The van der Waals surface area contributed by atoms with E-state index in [-0.39, 0.29) is 71.5 Å². The fraction of sp³-hybridized carbons (Fsp3) is 0.115. The zero-order valence-corrected chi connectivity index (χ0v) is 63.4. The van der Waals surface area contributed by atoms with Gasteiger partial charge in [-0.1, -0.05) is 244 Å². The van der Waals surface area contributed by atoms with Gasteiger partial charge < -0.3 is 28.1 Å². The van der Waals surface area contributed by atoms with Crippen molar-refractivity contribution in [2.45, 2.75) is 78.6 Å². The van der Waals surface area contributed by atoms with Crippen LogP contribution in [0.4, 0.5) is 39.8 Å². The molecule has 15 aromatic carbocycles. The molecule has 0 fully saturated rings. The smallest absolute Gasteiger partial charge is 0.252 e. The van der Waals surface area contributed by atoms with Crippen LogP contribution in [-0.4, -0.2) is 25.0 Å². The lowest BCUT2D eigenvalue weighted by atomic mass is 9.33. The average molecular weight is 1470 g/mol. The van der Waals surface area contributed by atoms with Gasteiger partial charge in [0.25, 0.3) is 6.71 Å². The van der Waals surface area contributed by atoms with Crippen molar-refractivity contribution in [3.8, 4) is 51.1 Å². The molecule has 2 aliphatic rings. The molecule has 4 aromatic heterocycles. The average Bonchev–Trinajstić information content (AvgIpc) is 1.67. The topological polar surface area (TPSA) is 54.4 Å². The number of anilines is 6. The highest BCUT2D eigenvalue weighted by Crippen LogP contribution is 2.54. The molecule has 6 heterocycles. The van der Waals surface area contributed by atoms with Crippen LogP contribution in [0.2, 0.25) is 0 Å². The van der Waals surface area contributed by atoms with E-state index in [4.69, 9.17) is 5.48 Å². The first-order chi connectivity index (χ1) is 61.5. The van der Waals surface area contributed by atoms with Gasteiger partial charge in [-0.2, -0.15) is 5.26 Å². The van der Waals surface area contributed by atoms with Gasteiger partial charge in [-0.15, -0.1) is 0 Å². The molecule has 0 spiro atoms. The van der Waals surface area contributed by atoms with Crippen LogP contribution in [0.25, 0.3) is 137 Å². The number of aromatic nitrogens is 4. The molecule has 21 rings (SSSR count). The van der Waals surface area contributed by atoms with Gasteiger partial charge in [0.1, 0.15) is 0 Å². The second kappa shape index (κ2) is 24.8. The van der Waals surface area contributed by atoms with Crippen LogP contribution in [0.15, 0.2) is 315 Å². The number of nitrogens with zero attached hydrogens (tertiary/aromatic N) is 8. The normalized spacial score (nSPS) is 14.9. The van der Waals surface area contributed by atoms with Crippen molar-refractivity contribution in [2.24, 2.45) is 0 Å². The number of nitriles is 1. The third-order valence-electron chi connectivity index (χ3n) is 23.0. The lowest BCUT2D eigenvalue weighted by Crippen LogP contribution is -2.61. The minimum absolute atomic E-state index is 0.107. The molecule has 538 valence electrons. The lowest BCUT2D eigenvalue weighted by molar-refractivity contribution is 0.590. The molecule has 113 heavy (non-hydrogen) atoms. The summed E-state index contributed by atoms with van der Waals surface area (Å²) < 4.78 is 160. The minimum atomic E-state index is -0.898. The van der Waals surface area contributed by atoms with E-state index in [0.29, 0.717) is 67.1 Å². The van der Waals surface area contributed by atoms with E-state index in [0.717, 1.165) is 82.9 Å². The van der Waals surface area contributed by atoms with E-state index < -0.39 is 109 Å². The molecule has 0 amide bonds. The third kappa shape index (κ3) is 10.3. The van der Waals surface area contributed by atoms with Gasteiger partial charge in [-0.3, -0.25) is 0 Å². The van der Waals surface area contributed by atoms with Crippen LogP contribution < -0.4 is 26.2 Å². The molecule has 0 bridgehead atoms. The highest BCUT2D eigenvalue weighted by Gasteiger charge is 2.46. The number of hydrogen-bond acceptors (Lipinski definition) is 3. The third-order valence-corrected chi connectivity index (χ3v) is 23.0.